The lowest BCUT2D eigenvalue weighted by Gasteiger charge is -2.10. The Labute approximate surface area is 119 Å². The maximum Gasteiger partial charge on any atom is 0.417 e. The van der Waals surface area contributed by atoms with Crippen molar-refractivity contribution in [2.75, 3.05) is 6.54 Å². The fourth-order valence-electron chi connectivity index (χ4n) is 1.51. The van der Waals surface area contributed by atoms with Crippen LogP contribution in [0.2, 0.25) is 0 Å². The molecule has 0 aliphatic heterocycles. The van der Waals surface area contributed by atoms with Crippen LogP contribution in [-0.2, 0) is 11.0 Å². The van der Waals surface area contributed by atoms with Crippen molar-refractivity contribution in [2.45, 2.75) is 19.5 Å². The monoisotopic (exact) mass is 299 g/mol. The van der Waals surface area contributed by atoms with Crippen LogP contribution in [0.25, 0.3) is 0 Å². The van der Waals surface area contributed by atoms with E-state index in [1.807, 2.05) is 0 Å². The summed E-state index contributed by atoms with van der Waals surface area (Å²) in [5, 5.41) is 11.2. The highest BCUT2D eigenvalue weighted by Gasteiger charge is 2.35. The van der Waals surface area contributed by atoms with E-state index in [9.17, 15) is 22.8 Å². The quantitative estimate of drug-likeness (QED) is 0.664. The van der Waals surface area contributed by atoms with Crippen LogP contribution in [0.4, 0.5) is 13.2 Å². The SMILES string of the molecule is CC(=O)NCCC#Cc1ccc(C(=O)O)c(C(F)(F)F)c1. The van der Waals surface area contributed by atoms with Gasteiger partial charge in [0.15, 0.2) is 0 Å². The number of alkyl halides is 3. The first kappa shape index (κ1) is 16.6. The number of halogens is 3. The van der Waals surface area contributed by atoms with Crippen molar-refractivity contribution in [3.05, 3.63) is 34.9 Å². The standard InChI is InChI=1S/C14H12F3NO3/c1-9(19)18-7-3-2-4-10-5-6-11(13(20)21)12(8-10)14(15,16)17/h5-6,8H,3,7H2,1H3,(H,18,19)(H,20,21). The van der Waals surface area contributed by atoms with Gasteiger partial charge in [0.2, 0.25) is 5.91 Å². The number of carbonyl (C=O) groups is 2. The molecule has 0 unspecified atom stereocenters. The van der Waals surface area contributed by atoms with Crippen LogP contribution in [0.5, 0.6) is 0 Å². The van der Waals surface area contributed by atoms with Gasteiger partial charge in [0.25, 0.3) is 0 Å². The first-order chi connectivity index (χ1) is 9.71. The van der Waals surface area contributed by atoms with Crippen molar-refractivity contribution in [2.24, 2.45) is 0 Å². The second-order valence-corrected chi connectivity index (χ2v) is 4.10. The molecule has 0 aromatic heterocycles. The Balaban J connectivity index is 2.94. The third-order valence-electron chi connectivity index (χ3n) is 2.41. The number of hydrogen-bond donors (Lipinski definition) is 2. The van der Waals surface area contributed by atoms with Crippen molar-refractivity contribution >= 4 is 11.9 Å². The highest BCUT2D eigenvalue weighted by molar-refractivity contribution is 5.89. The van der Waals surface area contributed by atoms with Gasteiger partial charge in [-0.1, -0.05) is 11.8 Å². The molecule has 4 nitrogen and oxygen atoms in total. The zero-order valence-corrected chi connectivity index (χ0v) is 11.0. The van der Waals surface area contributed by atoms with E-state index in [4.69, 9.17) is 5.11 Å². The molecule has 1 rings (SSSR count). The van der Waals surface area contributed by atoms with Crippen LogP contribution >= 0.6 is 0 Å². The van der Waals surface area contributed by atoms with Gasteiger partial charge in [-0.3, -0.25) is 4.79 Å². The third-order valence-corrected chi connectivity index (χ3v) is 2.41. The second kappa shape index (κ2) is 6.79. The predicted molar refractivity (Wildman–Crippen MR) is 68.6 cm³/mol. The number of amides is 1. The summed E-state index contributed by atoms with van der Waals surface area (Å²) in [6.07, 6.45) is -4.48. The van der Waals surface area contributed by atoms with Crippen LogP contribution in [0, 0.1) is 11.8 Å². The normalized spacial score (nSPS) is 10.5. The molecular formula is C14H12F3NO3. The molecule has 2 N–H and O–H groups in total. The molecule has 0 aliphatic rings. The van der Waals surface area contributed by atoms with E-state index >= 15 is 0 Å². The zero-order chi connectivity index (χ0) is 16.0. The molecule has 0 spiro atoms. The second-order valence-electron chi connectivity index (χ2n) is 4.10. The van der Waals surface area contributed by atoms with Crippen molar-refractivity contribution in [3.63, 3.8) is 0 Å². The minimum atomic E-state index is -4.76. The number of hydrogen-bond acceptors (Lipinski definition) is 2. The number of rotatable bonds is 3. The number of nitrogens with one attached hydrogen (secondary N) is 1. The van der Waals surface area contributed by atoms with Gasteiger partial charge in [-0.2, -0.15) is 13.2 Å². The highest BCUT2D eigenvalue weighted by Crippen LogP contribution is 2.32. The summed E-state index contributed by atoms with van der Waals surface area (Å²) in [5.41, 5.74) is -1.98. The molecular weight excluding hydrogens is 287 g/mol. The average molecular weight is 299 g/mol. The summed E-state index contributed by atoms with van der Waals surface area (Å²) in [5.74, 6) is 3.24. The van der Waals surface area contributed by atoms with Gasteiger partial charge < -0.3 is 10.4 Å². The smallest absolute Gasteiger partial charge is 0.417 e. The molecule has 1 aromatic carbocycles. The van der Waals surface area contributed by atoms with E-state index in [2.05, 4.69) is 17.2 Å². The Kier molecular flexibility index (Phi) is 5.36. The molecule has 0 aliphatic carbocycles. The fraction of sp³-hybridized carbons (Fsp3) is 0.286. The molecule has 21 heavy (non-hydrogen) atoms. The van der Waals surface area contributed by atoms with Gasteiger partial charge in [0, 0.05) is 25.5 Å². The van der Waals surface area contributed by atoms with Gasteiger partial charge >= 0.3 is 12.1 Å². The molecule has 1 amide bonds. The van der Waals surface area contributed by atoms with Gasteiger partial charge in [0.05, 0.1) is 11.1 Å². The van der Waals surface area contributed by atoms with E-state index in [-0.39, 0.29) is 17.9 Å². The Morgan fingerprint density at radius 2 is 2.00 bits per heavy atom. The van der Waals surface area contributed by atoms with Crippen LogP contribution in [0.15, 0.2) is 18.2 Å². The minimum Gasteiger partial charge on any atom is -0.478 e. The van der Waals surface area contributed by atoms with Crippen LogP contribution < -0.4 is 5.32 Å². The lowest BCUT2D eigenvalue weighted by Crippen LogP contribution is -2.20. The molecule has 1 aromatic rings. The molecule has 0 saturated heterocycles. The van der Waals surface area contributed by atoms with Gasteiger partial charge in [0.1, 0.15) is 0 Å². The van der Waals surface area contributed by atoms with Gasteiger partial charge in [-0.05, 0) is 18.2 Å². The van der Waals surface area contributed by atoms with Gasteiger partial charge in [-0.15, -0.1) is 0 Å². The Bertz CT molecular complexity index is 612. The Morgan fingerprint density at radius 3 is 2.52 bits per heavy atom. The first-order valence-electron chi connectivity index (χ1n) is 5.89. The van der Waals surface area contributed by atoms with Crippen molar-refractivity contribution in [3.8, 4) is 11.8 Å². The third kappa shape index (κ3) is 5.18. The lowest BCUT2D eigenvalue weighted by atomic mass is 10.0. The van der Waals surface area contributed by atoms with Crippen molar-refractivity contribution in [1.82, 2.24) is 5.32 Å². The van der Waals surface area contributed by atoms with Crippen LogP contribution in [-0.4, -0.2) is 23.5 Å². The molecule has 0 radical (unpaired) electrons. The maximum atomic E-state index is 12.8. The average Bonchev–Trinajstić information content (AvgIpc) is 2.36. The molecule has 0 heterocycles. The van der Waals surface area contributed by atoms with Crippen LogP contribution in [0.3, 0.4) is 0 Å². The van der Waals surface area contributed by atoms with E-state index < -0.39 is 23.3 Å². The van der Waals surface area contributed by atoms with Crippen molar-refractivity contribution < 1.29 is 27.9 Å². The number of carbonyl (C=O) groups excluding carboxylic acids is 1. The summed E-state index contributed by atoms with van der Waals surface area (Å²) >= 11 is 0. The number of carboxylic acid groups (broad SMARTS) is 1. The minimum absolute atomic E-state index is 0.0650. The summed E-state index contributed by atoms with van der Waals surface area (Å²) in [6.45, 7) is 1.63. The highest BCUT2D eigenvalue weighted by atomic mass is 19.4. The van der Waals surface area contributed by atoms with E-state index in [0.717, 1.165) is 6.07 Å². The number of benzene rings is 1. The summed E-state index contributed by atoms with van der Waals surface area (Å²) in [7, 11) is 0. The van der Waals surface area contributed by atoms with E-state index in [0.29, 0.717) is 12.6 Å². The largest absolute Gasteiger partial charge is 0.478 e. The fourth-order valence-corrected chi connectivity index (χ4v) is 1.51. The zero-order valence-electron chi connectivity index (χ0n) is 11.0. The molecule has 0 atom stereocenters. The Hall–Kier alpha value is -2.49. The van der Waals surface area contributed by atoms with Gasteiger partial charge in [-0.25, -0.2) is 4.79 Å². The molecule has 112 valence electrons. The molecule has 0 bridgehead atoms. The number of aromatic carboxylic acids is 1. The lowest BCUT2D eigenvalue weighted by molar-refractivity contribution is -0.138. The summed E-state index contributed by atoms with van der Waals surface area (Å²) in [4.78, 5) is 21.4. The molecule has 0 fully saturated rings. The van der Waals surface area contributed by atoms with Crippen molar-refractivity contribution in [1.29, 1.82) is 0 Å². The molecule has 7 heteroatoms. The van der Waals surface area contributed by atoms with Crippen LogP contribution in [0.1, 0.15) is 34.8 Å². The topological polar surface area (TPSA) is 66.4 Å². The molecule has 0 saturated carbocycles. The number of carboxylic acids is 1. The maximum absolute atomic E-state index is 12.8. The summed E-state index contributed by atoms with van der Waals surface area (Å²) in [6, 6.07) is 2.79. The summed E-state index contributed by atoms with van der Waals surface area (Å²) < 4.78 is 38.3. The Morgan fingerprint density at radius 1 is 1.33 bits per heavy atom. The first-order valence-corrected chi connectivity index (χ1v) is 5.89. The van der Waals surface area contributed by atoms with E-state index in [1.54, 1.807) is 0 Å². The van der Waals surface area contributed by atoms with E-state index in [1.165, 1.54) is 13.0 Å². The predicted octanol–water partition coefficient (Wildman–Crippen LogP) is 2.28.